The molecule has 2 aromatic carbocycles. The number of nitrogens with one attached hydrogen (secondary N) is 1. The van der Waals surface area contributed by atoms with Gasteiger partial charge in [-0.05, 0) is 42.3 Å². The van der Waals surface area contributed by atoms with Gasteiger partial charge in [-0.2, -0.15) is 0 Å². The van der Waals surface area contributed by atoms with Crippen LogP contribution in [0, 0.1) is 0 Å². The van der Waals surface area contributed by atoms with Crippen LogP contribution in [0.4, 0.5) is 5.69 Å². The second-order valence-electron chi connectivity index (χ2n) is 6.67. The van der Waals surface area contributed by atoms with Crippen LogP contribution in [0.2, 0.25) is 5.02 Å². The molecule has 1 N–H and O–H groups in total. The monoisotopic (exact) mass is 425 g/mol. The van der Waals surface area contributed by atoms with E-state index in [0.29, 0.717) is 18.0 Å². The number of thioether (sulfide) groups is 1. The lowest BCUT2D eigenvalue weighted by atomic mass is 10.1. The van der Waals surface area contributed by atoms with Crippen molar-refractivity contribution in [3.8, 4) is 5.69 Å². The number of halogens is 1. The van der Waals surface area contributed by atoms with E-state index in [0.717, 1.165) is 22.0 Å². The molecule has 2 heterocycles. The van der Waals surface area contributed by atoms with Crippen LogP contribution in [-0.4, -0.2) is 35.2 Å². The van der Waals surface area contributed by atoms with Crippen molar-refractivity contribution in [2.45, 2.75) is 11.4 Å². The predicted octanol–water partition coefficient (Wildman–Crippen LogP) is 3.93. The molecule has 0 saturated heterocycles. The highest BCUT2D eigenvalue weighted by Crippen LogP contribution is 2.32. The van der Waals surface area contributed by atoms with E-state index in [1.54, 1.807) is 4.90 Å². The molecule has 148 valence electrons. The Morgan fingerprint density at radius 3 is 2.62 bits per heavy atom. The SMILES string of the molecule is O=C(CN1C(=O)CSc2cccn2-c2ccccc21)NCCc1ccccc1Cl. The molecule has 0 saturated carbocycles. The number of amides is 2. The van der Waals surface area contributed by atoms with Gasteiger partial charge in [-0.15, -0.1) is 0 Å². The fourth-order valence-electron chi connectivity index (χ4n) is 3.34. The molecule has 0 atom stereocenters. The van der Waals surface area contributed by atoms with Gasteiger partial charge in [0.15, 0.2) is 0 Å². The van der Waals surface area contributed by atoms with Gasteiger partial charge in [0.1, 0.15) is 6.54 Å². The van der Waals surface area contributed by atoms with Crippen LogP contribution in [0.3, 0.4) is 0 Å². The molecule has 4 rings (SSSR count). The molecule has 2 amide bonds. The highest BCUT2D eigenvalue weighted by molar-refractivity contribution is 7.99. The number of aromatic nitrogens is 1. The standard InChI is InChI=1S/C22H20ClN3O2S/c23-17-7-2-1-6-16(17)11-12-24-20(27)14-26-19-9-4-3-8-18(19)25-13-5-10-22(25)29-15-21(26)28/h1-10,13H,11-12,14-15H2,(H,24,27). The van der Waals surface area contributed by atoms with Gasteiger partial charge in [-0.3, -0.25) is 9.59 Å². The average molecular weight is 426 g/mol. The van der Waals surface area contributed by atoms with Gasteiger partial charge in [0.05, 0.1) is 22.2 Å². The summed E-state index contributed by atoms with van der Waals surface area (Å²) in [7, 11) is 0. The average Bonchev–Trinajstić information content (AvgIpc) is 3.19. The van der Waals surface area contributed by atoms with Crippen molar-refractivity contribution >= 4 is 40.9 Å². The second-order valence-corrected chi connectivity index (χ2v) is 8.07. The van der Waals surface area contributed by atoms with Crippen LogP contribution in [0.25, 0.3) is 5.69 Å². The summed E-state index contributed by atoms with van der Waals surface area (Å²) < 4.78 is 2.05. The van der Waals surface area contributed by atoms with E-state index in [1.807, 2.05) is 66.9 Å². The fraction of sp³-hybridized carbons (Fsp3) is 0.182. The Morgan fingerprint density at radius 1 is 1.03 bits per heavy atom. The topological polar surface area (TPSA) is 54.3 Å². The number of carbonyl (C=O) groups excluding carboxylic acids is 2. The lowest BCUT2D eigenvalue weighted by molar-refractivity contribution is -0.122. The van der Waals surface area contributed by atoms with Crippen LogP contribution < -0.4 is 10.2 Å². The molecule has 0 aliphatic carbocycles. The minimum atomic E-state index is -0.196. The normalized spacial score (nSPS) is 13.3. The minimum absolute atomic E-state index is 0.0183. The van der Waals surface area contributed by atoms with Crippen LogP contribution in [0.15, 0.2) is 71.9 Å². The molecule has 29 heavy (non-hydrogen) atoms. The molecule has 1 aliphatic rings. The first-order valence-electron chi connectivity index (χ1n) is 9.33. The summed E-state index contributed by atoms with van der Waals surface area (Å²) in [6, 6.07) is 19.2. The molecule has 0 unspecified atom stereocenters. The summed E-state index contributed by atoms with van der Waals surface area (Å²) in [5, 5.41) is 4.60. The number of benzene rings is 2. The molecule has 5 nitrogen and oxygen atoms in total. The summed E-state index contributed by atoms with van der Waals surface area (Å²) in [6.07, 6.45) is 2.61. The van der Waals surface area contributed by atoms with Crippen molar-refractivity contribution in [1.29, 1.82) is 0 Å². The third-order valence-electron chi connectivity index (χ3n) is 4.76. The molecule has 0 radical (unpaired) electrons. The molecule has 0 fully saturated rings. The molecule has 7 heteroatoms. The van der Waals surface area contributed by atoms with Gasteiger partial charge in [0.25, 0.3) is 0 Å². The number of para-hydroxylation sites is 2. The highest BCUT2D eigenvalue weighted by Gasteiger charge is 2.25. The van der Waals surface area contributed by atoms with Crippen molar-refractivity contribution in [3.63, 3.8) is 0 Å². The summed E-state index contributed by atoms with van der Waals surface area (Å²) >= 11 is 7.64. The zero-order valence-electron chi connectivity index (χ0n) is 15.7. The maximum Gasteiger partial charge on any atom is 0.240 e. The maximum atomic E-state index is 12.8. The third kappa shape index (κ3) is 4.33. The van der Waals surface area contributed by atoms with Gasteiger partial charge < -0.3 is 14.8 Å². The van der Waals surface area contributed by atoms with E-state index < -0.39 is 0 Å². The zero-order valence-corrected chi connectivity index (χ0v) is 17.2. The summed E-state index contributed by atoms with van der Waals surface area (Å²) in [4.78, 5) is 27.0. The Balaban J connectivity index is 1.49. The van der Waals surface area contributed by atoms with Gasteiger partial charge in [0.2, 0.25) is 11.8 Å². The fourth-order valence-corrected chi connectivity index (χ4v) is 4.47. The summed E-state index contributed by atoms with van der Waals surface area (Å²) in [6.45, 7) is 0.443. The van der Waals surface area contributed by atoms with E-state index >= 15 is 0 Å². The first kappa shape index (κ1) is 19.6. The molecule has 0 bridgehead atoms. The largest absolute Gasteiger partial charge is 0.354 e. The smallest absolute Gasteiger partial charge is 0.240 e. The van der Waals surface area contributed by atoms with Crippen molar-refractivity contribution in [1.82, 2.24) is 9.88 Å². The molecule has 1 aliphatic heterocycles. The number of nitrogens with zero attached hydrogens (tertiary/aromatic N) is 2. The van der Waals surface area contributed by atoms with E-state index in [2.05, 4.69) is 9.88 Å². The second kappa shape index (κ2) is 8.76. The minimum Gasteiger partial charge on any atom is -0.354 e. The molecule has 1 aromatic heterocycles. The number of anilines is 1. The Hall–Kier alpha value is -2.70. The summed E-state index contributed by atoms with van der Waals surface area (Å²) in [5.41, 5.74) is 2.60. The quantitative estimate of drug-likeness (QED) is 0.673. The van der Waals surface area contributed by atoms with E-state index in [-0.39, 0.29) is 24.1 Å². The van der Waals surface area contributed by atoms with E-state index in [9.17, 15) is 9.59 Å². The van der Waals surface area contributed by atoms with Crippen LogP contribution in [-0.2, 0) is 16.0 Å². The Kier molecular flexibility index (Phi) is 5.92. The molecular weight excluding hydrogens is 406 g/mol. The first-order valence-corrected chi connectivity index (χ1v) is 10.7. The Morgan fingerprint density at radius 2 is 1.79 bits per heavy atom. The Bertz CT molecular complexity index is 1050. The van der Waals surface area contributed by atoms with Crippen molar-refractivity contribution in [3.05, 3.63) is 77.4 Å². The van der Waals surface area contributed by atoms with Crippen molar-refractivity contribution in [2.24, 2.45) is 0 Å². The van der Waals surface area contributed by atoms with Gasteiger partial charge in [-0.1, -0.05) is 53.7 Å². The molecular formula is C22H20ClN3O2S. The third-order valence-corrected chi connectivity index (χ3v) is 6.15. The number of carbonyl (C=O) groups is 2. The van der Waals surface area contributed by atoms with Crippen molar-refractivity contribution < 1.29 is 9.59 Å². The van der Waals surface area contributed by atoms with Crippen LogP contribution in [0.1, 0.15) is 5.56 Å². The first-order chi connectivity index (χ1) is 14.1. The number of fused-ring (bicyclic) bond motifs is 3. The highest BCUT2D eigenvalue weighted by atomic mass is 35.5. The molecule has 0 spiro atoms. The molecule has 3 aromatic rings. The predicted molar refractivity (Wildman–Crippen MR) is 117 cm³/mol. The van der Waals surface area contributed by atoms with Gasteiger partial charge >= 0.3 is 0 Å². The van der Waals surface area contributed by atoms with E-state index in [1.165, 1.54) is 11.8 Å². The summed E-state index contributed by atoms with van der Waals surface area (Å²) in [5.74, 6) is 0.000268. The lowest BCUT2D eigenvalue weighted by Crippen LogP contribution is -2.43. The van der Waals surface area contributed by atoms with Gasteiger partial charge in [0, 0.05) is 17.8 Å². The van der Waals surface area contributed by atoms with Gasteiger partial charge in [-0.25, -0.2) is 0 Å². The zero-order chi connectivity index (χ0) is 20.2. The van der Waals surface area contributed by atoms with Crippen LogP contribution >= 0.6 is 23.4 Å². The van der Waals surface area contributed by atoms with Crippen molar-refractivity contribution in [2.75, 3.05) is 23.7 Å². The van der Waals surface area contributed by atoms with E-state index in [4.69, 9.17) is 11.6 Å². The maximum absolute atomic E-state index is 12.8. The number of hydrogen-bond donors (Lipinski definition) is 1. The Labute approximate surface area is 178 Å². The lowest BCUT2D eigenvalue weighted by Gasteiger charge is -2.27. The number of rotatable bonds is 5. The van der Waals surface area contributed by atoms with Crippen LogP contribution in [0.5, 0.6) is 0 Å². The number of hydrogen-bond acceptors (Lipinski definition) is 3.